The molecule has 0 aliphatic carbocycles. The molecule has 1 N–H and O–H groups in total. The highest BCUT2D eigenvalue weighted by Crippen LogP contribution is 2.36. The first-order chi connectivity index (χ1) is 6.33. The Kier molecular flexibility index (Phi) is 1.97. The molecule has 0 bridgehead atoms. The fourth-order valence-electron chi connectivity index (χ4n) is 1.66. The number of ether oxygens (including phenoxy) is 1. The van der Waals surface area contributed by atoms with Crippen LogP contribution >= 0.6 is 0 Å². The second-order valence-electron chi connectivity index (χ2n) is 3.14. The molecule has 13 heavy (non-hydrogen) atoms. The first-order valence-corrected chi connectivity index (χ1v) is 4.40. The summed E-state index contributed by atoms with van der Waals surface area (Å²) in [6.07, 6.45) is 3.45. The van der Waals surface area contributed by atoms with Gasteiger partial charge in [0, 0.05) is 12.0 Å². The summed E-state index contributed by atoms with van der Waals surface area (Å²) in [7, 11) is 0. The van der Waals surface area contributed by atoms with Crippen molar-refractivity contribution in [1.29, 1.82) is 0 Å². The average molecular weight is 176 g/mol. The maximum Gasteiger partial charge on any atom is 0.129 e. The van der Waals surface area contributed by atoms with E-state index in [2.05, 4.69) is 6.58 Å². The number of phenolic OH excluding ortho intramolecular Hbond substituents is 1. The zero-order valence-electron chi connectivity index (χ0n) is 7.42. The number of phenols is 1. The highest BCUT2D eigenvalue weighted by molar-refractivity contribution is 5.52. The van der Waals surface area contributed by atoms with E-state index in [1.165, 1.54) is 0 Å². The highest BCUT2D eigenvalue weighted by atomic mass is 16.5. The SMILES string of the molecule is C=CCc1ccc(O)c2c1OCC2. The Bertz CT molecular complexity index is 342. The van der Waals surface area contributed by atoms with Crippen molar-refractivity contribution in [2.75, 3.05) is 6.61 Å². The fraction of sp³-hybridized carbons (Fsp3) is 0.273. The van der Waals surface area contributed by atoms with E-state index in [9.17, 15) is 5.11 Å². The van der Waals surface area contributed by atoms with Crippen molar-refractivity contribution in [2.24, 2.45) is 0 Å². The second kappa shape index (κ2) is 3.13. The molecule has 1 aliphatic heterocycles. The normalized spacial score (nSPS) is 13.5. The van der Waals surface area contributed by atoms with Crippen LogP contribution in [0.3, 0.4) is 0 Å². The van der Waals surface area contributed by atoms with E-state index in [-0.39, 0.29) is 0 Å². The number of hydrogen-bond acceptors (Lipinski definition) is 2. The van der Waals surface area contributed by atoms with E-state index in [1.807, 2.05) is 12.1 Å². The van der Waals surface area contributed by atoms with Gasteiger partial charge in [0.1, 0.15) is 11.5 Å². The minimum Gasteiger partial charge on any atom is -0.508 e. The van der Waals surface area contributed by atoms with Crippen molar-refractivity contribution in [3.05, 3.63) is 35.9 Å². The molecule has 0 atom stereocenters. The van der Waals surface area contributed by atoms with Crippen molar-refractivity contribution >= 4 is 0 Å². The molecule has 0 radical (unpaired) electrons. The van der Waals surface area contributed by atoms with Crippen LogP contribution in [0.2, 0.25) is 0 Å². The van der Waals surface area contributed by atoms with Crippen molar-refractivity contribution in [2.45, 2.75) is 12.8 Å². The molecule has 0 aromatic heterocycles. The van der Waals surface area contributed by atoms with Crippen LogP contribution in [0, 0.1) is 0 Å². The molecule has 0 amide bonds. The number of benzene rings is 1. The van der Waals surface area contributed by atoms with Crippen molar-refractivity contribution in [3.63, 3.8) is 0 Å². The van der Waals surface area contributed by atoms with Gasteiger partial charge in [-0.2, -0.15) is 0 Å². The monoisotopic (exact) mass is 176 g/mol. The zero-order chi connectivity index (χ0) is 9.26. The predicted molar refractivity (Wildman–Crippen MR) is 51.2 cm³/mol. The van der Waals surface area contributed by atoms with Crippen molar-refractivity contribution < 1.29 is 9.84 Å². The van der Waals surface area contributed by atoms with Crippen molar-refractivity contribution in [3.8, 4) is 11.5 Å². The maximum atomic E-state index is 9.52. The standard InChI is InChI=1S/C11H12O2/c1-2-3-8-4-5-10(12)9-6-7-13-11(8)9/h2,4-5,12H,1,3,6-7H2. The molecule has 1 aromatic rings. The average Bonchev–Trinajstić information content (AvgIpc) is 2.59. The number of aromatic hydroxyl groups is 1. The van der Waals surface area contributed by atoms with Gasteiger partial charge in [0.2, 0.25) is 0 Å². The van der Waals surface area contributed by atoms with Gasteiger partial charge < -0.3 is 9.84 Å². The largest absolute Gasteiger partial charge is 0.508 e. The molecule has 0 spiro atoms. The van der Waals surface area contributed by atoms with Crippen LogP contribution in [0.1, 0.15) is 11.1 Å². The van der Waals surface area contributed by atoms with Gasteiger partial charge in [-0.3, -0.25) is 0 Å². The summed E-state index contributed by atoms with van der Waals surface area (Å²) >= 11 is 0. The van der Waals surface area contributed by atoms with E-state index in [0.717, 1.165) is 29.7 Å². The van der Waals surface area contributed by atoms with E-state index in [1.54, 1.807) is 6.07 Å². The first kappa shape index (κ1) is 8.17. The van der Waals surface area contributed by atoms with Crippen LogP contribution in [-0.2, 0) is 12.8 Å². The number of allylic oxidation sites excluding steroid dienone is 1. The quantitative estimate of drug-likeness (QED) is 0.699. The molecule has 1 aromatic carbocycles. The van der Waals surface area contributed by atoms with Crippen LogP contribution in [0.25, 0.3) is 0 Å². The van der Waals surface area contributed by atoms with Gasteiger partial charge in [0.05, 0.1) is 6.61 Å². The Hall–Kier alpha value is -1.44. The Morgan fingerprint density at radius 1 is 1.54 bits per heavy atom. The third-order valence-electron chi connectivity index (χ3n) is 2.28. The molecule has 1 aliphatic rings. The summed E-state index contributed by atoms with van der Waals surface area (Å²) in [5.41, 5.74) is 2.06. The molecule has 2 rings (SSSR count). The lowest BCUT2D eigenvalue weighted by molar-refractivity contribution is 0.354. The van der Waals surface area contributed by atoms with Crippen molar-refractivity contribution in [1.82, 2.24) is 0 Å². The Morgan fingerprint density at radius 2 is 2.38 bits per heavy atom. The number of rotatable bonds is 2. The minimum atomic E-state index is 0.348. The zero-order valence-corrected chi connectivity index (χ0v) is 7.42. The highest BCUT2D eigenvalue weighted by Gasteiger charge is 2.18. The van der Waals surface area contributed by atoms with E-state index < -0.39 is 0 Å². The van der Waals surface area contributed by atoms with E-state index in [4.69, 9.17) is 4.74 Å². The van der Waals surface area contributed by atoms with Gasteiger partial charge in [0.15, 0.2) is 0 Å². The molecule has 1 heterocycles. The Balaban J connectivity index is 2.49. The summed E-state index contributed by atoms with van der Waals surface area (Å²) in [4.78, 5) is 0. The van der Waals surface area contributed by atoms with Crippen LogP contribution < -0.4 is 4.74 Å². The number of hydrogen-bond donors (Lipinski definition) is 1. The Morgan fingerprint density at radius 3 is 3.15 bits per heavy atom. The maximum absolute atomic E-state index is 9.52. The van der Waals surface area contributed by atoms with Crippen LogP contribution in [0.5, 0.6) is 11.5 Å². The molecule has 68 valence electrons. The summed E-state index contributed by atoms with van der Waals surface area (Å²) in [5, 5.41) is 9.52. The molecule has 2 heteroatoms. The van der Waals surface area contributed by atoms with Gasteiger partial charge in [-0.15, -0.1) is 6.58 Å². The first-order valence-electron chi connectivity index (χ1n) is 4.40. The topological polar surface area (TPSA) is 29.5 Å². The molecule has 0 saturated heterocycles. The third-order valence-corrected chi connectivity index (χ3v) is 2.28. The fourth-order valence-corrected chi connectivity index (χ4v) is 1.66. The molecular weight excluding hydrogens is 164 g/mol. The van der Waals surface area contributed by atoms with Gasteiger partial charge >= 0.3 is 0 Å². The summed E-state index contributed by atoms with van der Waals surface area (Å²) in [6.45, 7) is 4.36. The Labute approximate surface area is 77.5 Å². The van der Waals surface area contributed by atoms with E-state index in [0.29, 0.717) is 12.4 Å². The minimum absolute atomic E-state index is 0.348. The number of fused-ring (bicyclic) bond motifs is 1. The van der Waals surface area contributed by atoms with E-state index >= 15 is 0 Å². The summed E-state index contributed by atoms with van der Waals surface area (Å²) in [5.74, 6) is 1.21. The third kappa shape index (κ3) is 1.28. The molecule has 2 nitrogen and oxygen atoms in total. The molecule has 0 unspecified atom stereocenters. The van der Waals surface area contributed by atoms with Gasteiger partial charge in [0.25, 0.3) is 0 Å². The lowest BCUT2D eigenvalue weighted by atomic mass is 10.0. The van der Waals surface area contributed by atoms with Crippen LogP contribution in [-0.4, -0.2) is 11.7 Å². The lowest BCUT2D eigenvalue weighted by Gasteiger charge is -2.06. The van der Waals surface area contributed by atoms with Gasteiger partial charge in [-0.05, 0) is 18.1 Å². The van der Waals surface area contributed by atoms with Crippen LogP contribution in [0.15, 0.2) is 24.8 Å². The smallest absolute Gasteiger partial charge is 0.129 e. The van der Waals surface area contributed by atoms with Gasteiger partial charge in [-0.1, -0.05) is 12.1 Å². The molecular formula is C11H12O2. The second-order valence-corrected chi connectivity index (χ2v) is 3.14. The molecule has 0 fully saturated rings. The molecule has 0 saturated carbocycles. The summed E-state index contributed by atoms with van der Waals surface area (Å²) in [6, 6.07) is 3.62. The lowest BCUT2D eigenvalue weighted by Crippen LogP contribution is -1.90. The predicted octanol–water partition coefficient (Wildman–Crippen LogP) is 2.06. The van der Waals surface area contributed by atoms with Crippen LogP contribution in [0.4, 0.5) is 0 Å². The summed E-state index contributed by atoms with van der Waals surface area (Å²) < 4.78 is 5.46. The van der Waals surface area contributed by atoms with Gasteiger partial charge in [-0.25, -0.2) is 0 Å².